The normalized spacial score (nSPS) is 28.5. The van der Waals surface area contributed by atoms with E-state index in [0.717, 1.165) is 31.2 Å². The number of ether oxygens (including phenoxy) is 3. The smallest absolute Gasteiger partial charge is 0.338 e. The van der Waals surface area contributed by atoms with Gasteiger partial charge in [-0.2, -0.15) is 0 Å². The van der Waals surface area contributed by atoms with Crippen LogP contribution in [0.25, 0.3) is 0 Å². The first-order valence-electron chi connectivity index (χ1n) is 14.6. The highest BCUT2D eigenvalue weighted by atomic mass is 16.7. The molecule has 0 bridgehead atoms. The van der Waals surface area contributed by atoms with Crippen LogP contribution in [0.15, 0.2) is 60.7 Å². The van der Waals surface area contributed by atoms with Gasteiger partial charge in [0.2, 0.25) is 12.2 Å². The third kappa shape index (κ3) is 8.16. The lowest BCUT2D eigenvalue weighted by Gasteiger charge is -2.39. The van der Waals surface area contributed by atoms with Gasteiger partial charge < -0.3 is 34.8 Å². The number of nitrogens with one attached hydrogen (secondary N) is 1. The summed E-state index contributed by atoms with van der Waals surface area (Å²) in [5, 5.41) is 34.2. The molecular weight excluding hydrogens is 542 g/mol. The second-order valence-electron chi connectivity index (χ2n) is 11.5. The summed E-state index contributed by atoms with van der Waals surface area (Å²) in [4.78, 5) is 39.4. The van der Waals surface area contributed by atoms with Crippen LogP contribution >= 0.6 is 0 Å². The van der Waals surface area contributed by atoms with Gasteiger partial charge in [-0.15, -0.1) is 0 Å². The molecular formula is C32H41NO9. The zero-order valence-electron chi connectivity index (χ0n) is 24.0. The van der Waals surface area contributed by atoms with E-state index in [9.17, 15) is 29.7 Å². The van der Waals surface area contributed by atoms with E-state index in [2.05, 4.69) is 19.2 Å². The van der Waals surface area contributed by atoms with Crippen LogP contribution in [-0.2, 0) is 41.6 Å². The highest BCUT2D eigenvalue weighted by Gasteiger charge is 2.49. The summed E-state index contributed by atoms with van der Waals surface area (Å²) in [6, 6.07) is 16.8. The van der Waals surface area contributed by atoms with Gasteiger partial charge in [-0.3, -0.25) is 4.79 Å². The first kappa shape index (κ1) is 31.6. The number of aliphatic hydroxyl groups excluding tert-OH is 3. The fourth-order valence-electron chi connectivity index (χ4n) is 5.53. The SMILES string of the molecule is CC(C)C1CCC(C(=O)N[C@@H](Cc2ccccc2)C(=O)O[C@@H]2O[C@@H](C(=O)OCc3ccccc3)[C@@H](O)[C@H](O)[C@@H]2O)CC1. The Morgan fingerprint density at radius 2 is 1.45 bits per heavy atom. The molecule has 0 aromatic heterocycles. The van der Waals surface area contributed by atoms with Crippen LogP contribution in [0.2, 0.25) is 0 Å². The molecule has 228 valence electrons. The van der Waals surface area contributed by atoms with Crippen molar-refractivity contribution >= 4 is 17.8 Å². The third-order valence-corrected chi connectivity index (χ3v) is 8.23. The maximum Gasteiger partial charge on any atom is 0.338 e. The summed E-state index contributed by atoms with van der Waals surface area (Å²) < 4.78 is 16.1. The molecule has 0 spiro atoms. The second-order valence-corrected chi connectivity index (χ2v) is 11.5. The summed E-state index contributed by atoms with van der Waals surface area (Å²) in [6.07, 6.45) is -5.59. The molecule has 2 aliphatic rings. The number of carbonyl (C=O) groups is 3. The number of aliphatic hydroxyl groups is 3. The average molecular weight is 584 g/mol. The summed E-state index contributed by atoms with van der Waals surface area (Å²) >= 11 is 0. The fraction of sp³-hybridized carbons (Fsp3) is 0.531. The standard InChI is InChI=1S/C32H41NO9/c1-19(2)22-13-15-23(16-14-22)29(37)33-24(17-20-9-5-3-6-10-20)30(38)42-32-27(36)25(34)26(35)28(41-32)31(39)40-18-21-11-7-4-8-12-21/h3-12,19,22-28,32,34-36H,13-18H2,1-2H3,(H,33,37)/t22?,23?,24-,25-,26-,27-,28+,32-/m0/s1. The molecule has 1 aliphatic carbocycles. The number of amides is 1. The highest BCUT2D eigenvalue weighted by molar-refractivity contribution is 5.86. The number of hydrogen-bond donors (Lipinski definition) is 4. The van der Waals surface area contributed by atoms with Crippen molar-refractivity contribution in [3.63, 3.8) is 0 Å². The van der Waals surface area contributed by atoms with Gasteiger partial charge in [0.15, 0.2) is 6.10 Å². The van der Waals surface area contributed by atoms with E-state index in [0.29, 0.717) is 17.4 Å². The Kier molecular flexibility index (Phi) is 11.1. The summed E-state index contributed by atoms with van der Waals surface area (Å²) in [5.41, 5.74) is 1.46. The molecule has 2 aromatic rings. The van der Waals surface area contributed by atoms with E-state index in [4.69, 9.17) is 14.2 Å². The third-order valence-electron chi connectivity index (χ3n) is 8.23. The molecule has 0 radical (unpaired) electrons. The lowest BCUT2D eigenvalue weighted by molar-refractivity contribution is -0.288. The molecule has 1 saturated heterocycles. The van der Waals surface area contributed by atoms with E-state index in [-0.39, 0.29) is 24.9 Å². The molecule has 2 aromatic carbocycles. The molecule has 42 heavy (non-hydrogen) atoms. The van der Waals surface area contributed by atoms with Gasteiger partial charge in [-0.05, 0) is 48.6 Å². The van der Waals surface area contributed by atoms with E-state index < -0.39 is 48.7 Å². The number of carbonyl (C=O) groups excluding carboxylic acids is 3. The van der Waals surface area contributed by atoms with Gasteiger partial charge >= 0.3 is 11.9 Å². The number of esters is 2. The predicted octanol–water partition coefficient (Wildman–Crippen LogP) is 2.27. The van der Waals surface area contributed by atoms with Gasteiger partial charge in [-0.25, -0.2) is 9.59 Å². The van der Waals surface area contributed by atoms with E-state index in [1.807, 2.05) is 30.3 Å². The van der Waals surface area contributed by atoms with Crippen molar-refractivity contribution in [2.24, 2.45) is 17.8 Å². The van der Waals surface area contributed by atoms with Gasteiger partial charge in [0.25, 0.3) is 0 Å². The number of rotatable bonds is 10. The van der Waals surface area contributed by atoms with Crippen LogP contribution in [0.4, 0.5) is 0 Å². The molecule has 1 amide bonds. The maximum atomic E-state index is 13.4. The van der Waals surface area contributed by atoms with Crippen LogP contribution in [0.5, 0.6) is 0 Å². The molecule has 4 rings (SSSR count). The Morgan fingerprint density at radius 1 is 0.857 bits per heavy atom. The molecule has 2 fully saturated rings. The first-order chi connectivity index (χ1) is 20.1. The van der Waals surface area contributed by atoms with Crippen molar-refractivity contribution in [1.82, 2.24) is 5.32 Å². The average Bonchev–Trinajstić information content (AvgIpc) is 3.00. The molecule has 10 heteroatoms. The Hall–Kier alpha value is -3.31. The first-order valence-corrected chi connectivity index (χ1v) is 14.6. The zero-order chi connectivity index (χ0) is 30.2. The minimum Gasteiger partial charge on any atom is -0.459 e. The summed E-state index contributed by atoms with van der Waals surface area (Å²) in [7, 11) is 0. The Bertz CT molecular complexity index is 1170. The molecule has 4 N–H and O–H groups in total. The molecule has 1 aliphatic heterocycles. The second kappa shape index (κ2) is 14.7. The molecule has 1 heterocycles. The van der Waals surface area contributed by atoms with Gasteiger partial charge in [0.05, 0.1) is 0 Å². The monoisotopic (exact) mass is 583 g/mol. The molecule has 10 nitrogen and oxygen atoms in total. The van der Waals surface area contributed by atoms with Crippen LogP contribution in [0.1, 0.15) is 50.7 Å². The molecule has 1 saturated carbocycles. The fourth-order valence-corrected chi connectivity index (χ4v) is 5.53. The summed E-state index contributed by atoms with van der Waals surface area (Å²) in [5.74, 6) is -1.28. The largest absolute Gasteiger partial charge is 0.459 e. The number of hydrogen-bond acceptors (Lipinski definition) is 9. The van der Waals surface area contributed by atoms with E-state index >= 15 is 0 Å². The topological polar surface area (TPSA) is 152 Å². The van der Waals surface area contributed by atoms with Gasteiger partial charge in [0, 0.05) is 12.3 Å². The Labute approximate surface area is 246 Å². The Balaban J connectivity index is 1.43. The quantitative estimate of drug-likeness (QED) is 0.309. The molecule has 6 atom stereocenters. The van der Waals surface area contributed by atoms with Crippen molar-refractivity contribution in [2.75, 3.05) is 0 Å². The van der Waals surface area contributed by atoms with Crippen LogP contribution in [0.3, 0.4) is 0 Å². The van der Waals surface area contributed by atoms with Crippen molar-refractivity contribution in [2.45, 2.75) is 89.3 Å². The van der Waals surface area contributed by atoms with Crippen molar-refractivity contribution in [3.05, 3.63) is 71.8 Å². The van der Waals surface area contributed by atoms with Gasteiger partial charge in [-0.1, -0.05) is 74.5 Å². The predicted molar refractivity (Wildman–Crippen MR) is 151 cm³/mol. The van der Waals surface area contributed by atoms with Crippen LogP contribution < -0.4 is 5.32 Å². The van der Waals surface area contributed by atoms with Crippen molar-refractivity contribution in [1.29, 1.82) is 0 Å². The highest BCUT2D eigenvalue weighted by Crippen LogP contribution is 2.33. The van der Waals surface area contributed by atoms with Crippen molar-refractivity contribution in [3.8, 4) is 0 Å². The minimum atomic E-state index is -1.86. The molecule has 0 unspecified atom stereocenters. The zero-order valence-corrected chi connectivity index (χ0v) is 24.0. The van der Waals surface area contributed by atoms with Crippen LogP contribution in [0, 0.1) is 17.8 Å². The maximum absolute atomic E-state index is 13.4. The lowest BCUT2D eigenvalue weighted by Crippen LogP contribution is -2.61. The van der Waals surface area contributed by atoms with E-state index in [1.54, 1.807) is 30.3 Å². The summed E-state index contributed by atoms with van der Waals surface area (Å²) in [6.45, 7) is 4.25. The van der Waals surface area contributed by atoms with Crippen LogP contribution in [-0.4, -0.2) is 69.9 Å². The minimum absolute atomic E-state index is 0.111. The number of benzene rings is 2. The lowest BCUT2D eigenvalue weighted by atomic mass is 9.76. The Morgan fingerprint density at radius 3 is 2.05 bits per heavy atom. The van der Waals surface area contributed by atoms with E-state index in [1.165, 1.54) is 0 Å². The van der Waals surface area contributed by atoms with Gasteiger partial charge in [0.1, 0.15) is 31.0 Å². The van der Waals surface area contributed by atoms with Crippen molar-refractivity contribution < 1.29 is 43.9 Å².